The van der Waals surface area contributed by atoms with Crippen LogP contribution in [0.4, 0.5) is 0 Å². The zero-order chi connectivity index (χ0) is 14.8. The average molecular weight is 291 g/mol. The fraction of sp³-hybridized carbons (Fsp3) is 0.562. The van der Waals surface area contributed by atoms with Crippen LogP contribution in [0.25, 0.3) is 0 Å². The number of carbonyl (C=O) groups excluding carboxylic acids is 1. The second kappa shape index (κ2) is 6.03. The van der Waals surface area contributed by atoms with Gasteiger partial charge in [-0.1, -0.05) is 18.2 Å². The number of rotatable bonds is 4. The van der Waals surface area contributed by atoms with E-state index in [1.807, 2.05) is 36.3 Å². The van der Waals surface area contributed by atoms with Crippen molar-refractivity contribution in [2.45, 2.75) is 31.9 Å². The number of para-hydroxylation sites is 1. The quantitative estimate of drug-likeness (QED) is 0.797. The summed E-state index contributed by atoms with van der Waals surface area (Å²) in [6, 6.07) is 8.00. The Kier molecular flexibility index (Phi) is 4.12. The standard InChI is InChI=1S/C16H21NO4/c1-3-20-16(18)15-12-8-6-10-17(21-15)14(12)11-7-4-5-9-13(11)19-2/h4-5,7,9,12,14-15H,3,6,8,10H2,1-2H3/t12-,14+,15+/m0/s1. The summed E-state index contributed by atoms with van der Waals surface area (Å²) in [5, 5.41) is 1.92. The molecule has 0 aromatic heterocycles. The third-order valence-corrected chi connectivity index (χ3v) is 4.25. The molecule has 2 aliphatic heterocycles. The highest BCUT2D eigenvalue weighted by atomic mass is 16.7. The van der Waals surface area contributed by atoms with Gasteiger partial charge in [-0.25, -0.2) is 4.79 Å². The van der Waals surface area contributed by atoms with Crippen molar-refractivity contribution in [2.75, 3.05) is 20.3 Å². The summed E-state index contributed by atoms with van der Waals surface area (Å²) in [5.74, 6) is 0.702. The van der Waals surface area contributed by atoms with Crippen molar-refractivity contribution < 1.29 is 19.1 Å². The van der Waals surface area contributed by atoms with E-state index >= 15 is 0 Å². The van der Waals surface area contributed by atoms with Gasteiger partial charge in [0.15, 0.2) is 6.10 Å². The number of hydroxylamine groups is 2. The second-order valence-corrected chi connectivity index (χ2v) is 5.41. The molecule has 0 amide bonds. The van der Waals surface area contributed by atoms with Crippen LogP contribution in [0.15, 0.2) is 24.3 Å². The first-order valence-electron chi connectivity index (χ1n) is 7.49. The van der Waals surface area contributed by atoms with Gasteiger partial charge in [0.25, 0.3) is 0 Å². The van der Waals surface area contributed by atoms with Gasteiger partial charge >= 0.3 is 5.97 Å². The molecule has 2 fully saturated rings. The molecule has 0 saturated carbocycles. The first-order chi connectivity index (χ1) is 10.3. The Morgan fingerprint density at radius 1 is 1.43 bits per heavy atom. The maximum Gasteiger partial charge on any atom is 0.337 e. The molecule has 0 radical (unpaired) electrons. The molecule has 3 rings (SSSR count). The molecule has 4 atom stereocenters. The van der Waals surface area contributed by atoms with E-state index < -0.39 is 6.10 Å². The number of methoxy groups -OCH3 is 1. The van der Waals surface area contributed by atoms with E-state index in [1.165, 1.54) is 0 Å². The van der Waals surface area contributed by atoms with Gasteiger partial charge in [-0.2, -0.15) is 5.06 Å². The van der Waals surface area contributed by atoms with E-state index in [9.17, 15) is 4.79 Å². The number of piperidine rings is 1. The smallest absolute Gasteiger partial charge is 0.337 e. The third-order valence-electron chi connectivity index (χ3n) is 4.25. The van der Waals surface area contributed by atoms with Crippen LogP contribution in [0.3, 0.4) is 0 Å². The molecule has 2 saturated heterocycles. The zero-order valence-electron chi connectivity index (χ0n) is 12.5. The lowest BCUT2D eigenvalue weighted by Gasteiger charge is -2.31. The number of hydrogen-bond donors (Lipinski definition) is 0. The highest BCUT2D eigenvalue weighted by Gasteiger charge is 2.50. The summed E-state index contributed by atoms with van der Waals surface area (Å²) in [4.78, 5) is 18.0. The minimum atomic E-state index is -0.498. The summed E-state index contributed by atoms with van der Waals surface area (Å²) in [5.41, 5.74) is 1.08. The third kappa shape index (κ3) is 2.51. The Labute approximate surface area is 124 Å². The number of fused-ring (bicyclic) bond motifs is 2. The van der Waals surface area contributed by atoms with Crippen molar-refractivity contribution in [1.82, 2.24) is 5.06 Å². The highest BCUT2D eigenvalue weighted by Crippen LogP contribution is 2.47. The molecular formula is C16H21NO4. The monoisotopic (exact) mass is 291 g/mol. The molecule has 1 aromatic rings. The molecule has 2 bridgehead atoms. The zero-order valence-corrected chi connectivity index (χ0v) is 12.5. The Morgan fingerprint density at radius 2 is 2.24 bits per heavy atom. The molecule has 21 heavy (non-hydrogen) atoms. The highest BCUT2D eigenvalue weighted by molar-refractivity contribution is 5.75. The summed E-state index contributed by atoms with van der Waals surface area (Å²) < 4.78 is 10.6. The van der Waals surface area contributed by atoms with Crippen LogP contribution in [0.5, 0.6) is 5.75 Å². The summed E-state index contributed by atoms with van der Waals surface area (Å²) in [7, 11) is 1.67. The van der Waals surface area contributed by atoms with Gasteiger partial charge in [-0.05, 0) is 25.8 Å². The summed E-state index contributed by atoms with van der Waals surface area (Å²) in [6.45, 7) is 3.02. The van der Waals surface area contributed by atoms with Gasteiger partial charge in [-0.3, -0.25) is 4.84 Å². The molecule has 5 nitrogen and oxygen atoms in total. The van der Waals surface area contributed by atoms with Crippen LogP contribution in [0, 0.1) is 5.92 Å². The first-order valence-corrected chi connectivity index (χ1v) is 7.49. The normalized spacial score (nSPS) is 31.0. The van der Waals surface area contributed by atoms with Gasteiger partial charge in [0.2, 0.25) is 0 Å². The Morgan fingerprint density at radius 3 is 3.00 bits per heavy atom. The SMILES string of the molecule is CCOC(=O)[C@@H]1ON2CCC[C@H]1[C@H]2c1ccccc1OC. The molecule has 1 aromatic carbocycles. The van der Waals surface area contributed by atoms with Gasteiger partial charge in [0, 0.05) is 18.0 Å². The topological polar surface area (TPSA) is 48.0 Å². The van der Waals surface area contributed by atoms with Crippen LogP contribution in [-0.4, -0.2) is 37.4 Å². The lowest BCUT2D eigenvalue weighted by Crippen LogP contribution is -2.32. The van der Waals surface area contributed by atoms with Crippen LogP contribution < -0.4 is 4.74 Å². The van der Waals surface area contributed by atoms with Crippen molar-refractivity contribution >= 4 is 5.97 Å². The fourth-order valence-electron chi connectivity index (χ4n) is 3.39. The van der Waals surface area contributed by atoms with Crippen molar-refractivity contribution in [3.8, 4) is 5.75 Å². The van der Waals surface area contributed by atoms with Gasteiger partial charge < -0.3 is 9.47 Å². The minimum Gasteiger partial charge on any atom is -0.496 e. The summed E-state index contributed by atoms with van der Waals surface area (Å²) in [6.07, 6.45) is 1.50. The first kappa shape index (κ1) is 14.4. The van der Waals surface area contributed by atoms with Crippen molar-refractivity contribution in [2.24, 2.45) is 5.92 Å². The number of ether oxygens (including phenoxy) is 2. The van der Waals surface area contributed by atoms with E-state index in [2.05, 4.69) is 0 Å². The number of esters is 1. The van der Waals surface area contributed by atoms with Gasteiger partial charge in [0.05, 0.1) is 19.8 Å². The maximum atomic E-state index is 12.1. The largest absolute Gasteiger partial charge is 0.496 e. The lowest BCUT2D eigenvalue weighted by atomic mass is 9.83. The van der Waals surface area contributed by atoms with Crippen molar-refractivity contribution in [1.29, 1.82) is 0 Å². The molecule has 0 spiro atoms. The number of carbonyl (C=O) groups is 1. The van der Waals surface area contributed by atoms with Gasteiger partial charge in [0.1, 0.15) is 5.75 Å². The molecule has 1 unspecified atom stereocenters. The fourth-order valence-corrected chi connectivity index (χ4v) is 3.39. The van der Waals surface area contributed by atoms with Gasteiger partial charge in [-0.15, -0.1) is 0 Å². The Hall–Kier alpha value is -1.59. The van der Waals surface area contributed by atoms with E-state index in [0.29, 0.717) is 6.61 Å². The molecular weight excluding hydrogens is 270 g/mol. The molecule has 0 N–H and O–H groups in total. The van der Waals surface area contributed by atoms with E-state index in [-0.39, 0.29) is 17.9 Å². The van der Waals surface area contributed by atoms with Crippen LogP contribution in [0.1, 0.15) is 31.4 Å². The molecule has 114 valence electrons. The van der Waals surface area contributed by atoms with E-state index in [0.717, 1.165) is 30.7 Å². The van der Waals surface area contributed by atoms with E-state index in [1.54, 1.807) is 7.11 Å². The predicted molar refractivity (Wildman–Crippen MR) is 76.7 cm³/mol. The molecule has 5 heteroatoms. The van der Waals surface area contributed by atoms with E-state index in [4.69, 9.17) is 14.3 Å². The van der Waals surface area contributed by atoms with Crippen molar-refractivity contribution in [3.05, 3.63) is 29.8 Å². The number of hydrogen-bond acceptors (Lipinski definition) is 5. The number of benzene rings is 1. The van der Waals surface area contributed by atoms with Crippen LogP contribution in [-0.2, 0) is 14.4 Å². The number of nitrogens with zero attached hydrogens (tertiary/aromatic N) is 1. The second-order valence-electron chi connectivity index (χ2n) is 5.41. The van der Waals surface area contributed by atoms with Crippen LogP contribution >= 0.6 is 0 Å². The van der Waals surface area contributed by atoms with Crippen LogP contribution in [0.2, 0.25) is 0 Å². The van der Waals surface area contributed by atoms with Crippen molar-refractivity contribution in [3.63, 3.8) is 0 Å². The average Bonchev–Trinajstić information content (AvgIpc) is 2.73. The Balaban J connectivity index is 1.91. The predicted octanol–water partition coefficient (Wildman–Crippen LogP) is 2.33. The maximum absolute atomic E-state index is 12.1. The Bertz CT molecular complexity index is 519. The minimum absolute atomic E-state index is 0.0595. The molecule has 2 aliphatic rings. The lowest BCUT2D eigenvalue weighted by molar-refractivity contribution is -0.188. The molecule has 2 heterocycles. The molecule has 0 aliphatic carbocycles. The summed E-state index contributed by atoms with van der Waals surface area (Å²) >= 11 is 0.